The van der Waals surface area contributed by atoms with Crippen LogP contribution in [0.15, 0.2) is 49.1 Å². The lowest BCUT2D eigenvalue weighted by Crippen LogP contribution is -1.70. The molecule has 0 radical (unpaired) electrons. The van der Waals surface area contributed by atoms with E-state index in [2.05, 4.69) is 50.5 Å². The Bertz CT molecular complexity index is 170. The van der Waals surface area contributed by atoms with E-state index < -0.39 is 0 Å². The third-order valence-electron chi connectivity index (χ3n) is 1.48. The Morgan fingerprint density at radius 1 is 1.36 bits per heavy atom. The normalized spacial score (nSPS) is 14.5. The number of hydrogen-bond donors (Lipinski definition) is 0. The van der Waals surface area contributed by atoms with E-state index in [1.54, 1.807) is 0 Å². The Hall–Kier alpha value is -1.04. The predicted octanol–water partition coefficient (Wildman–Crippen LogP) is 3.64. The van der Waals surface area contributed by atoms with Crippen LogP contribution in [0.1, 0.15) is 19.8 Å². The van der Waals surface area contributed by atoms with E-state index in [1.807, 2.05) is 0 Å². The highest BCUT2D eigenvalue weighted by molar-refractivity contribution is 5.25. The standard InChI is InChI=1S/C9H12.C2H4/c1-2-9-7-5-3-4-6-8-9;1-2/h3-5,7-8H,2,6H2,1H3;1-2H2. The van der Waals surface area contributed by atoms with Crippen LogP contribution in [0.5, 0.6) is 0 Å². The summed E-state index contributed by atoms with van der Waals surface area (Å²) in [6.07, 6.45) is 13.0. The van der Waals surface area contributed by atoms with Gasteiger partial charge in [-0.15, -0.1) is 13.2 Å². The summed E-state index contributed by atoms with van der Waals surface area (Å²) in [4.78, 5) is 0. The first kappa shape index (κ1) is 9.96. The molecule has 1 rings (SSSR count). The molecule has 0 saturated carbocycles. The first-order valence-corrected chi connectivity index (χ1v) is 3.95. The van der Waals surface area contributed by atoms with Crippen LogP contribution in [0.3, 0.4) is 0 Å². The van der Waals surface area contributed by atoms with Crippen molar-refractivity contribution < 1.29 is 0 Å². The molecule has 0 N–H and O–H groups in total. The van der Waals surface area contributed by atoms with Gasteiger partial charge in [0.15, 0.2) is 0 Å². The van der Waals surface area contributed by atoms with Gasteiger partial charge in [-0.05, 0) is 12.8 Å². The van der Waals surface area contributed by atoms with Crippen molar-refractivity contribution in [2.24, 2.45) is 0 Å². The summed E-state index contributed by atoms with van der Waals surface area (Å²) in [5, 5.41) is 0. The molecule has 0 fully saturated rings. The van der Waals surface area contributed by atoms with Crippen LogP contribution in [-0.2, 0) is 0 Å². The number of allylic oxidation sites excluding steroid dienone is 6. The van der Waals surface area contributed by atoms with Crippen molar-refractivity contribution in [3.63, 3.8) is 0 Å². The maximum Gasteiger partial charge on any atom is -0.0160 e. The lowest BCUT2D eigenvalue weighted by atomic mass is 10.2. The predicted molar refractivity (Wildman–Crippen MR) is 52.5 cm³/mol. The monoisotopic (exact) mass is 148 g/mol. The molecule has 0 aromatic rings. The molecule has 0 bridgehead atoms. The van der Waals surface area contributed by atoms with Crippen LogP contribution < -0.4 is 0 Å². The molecule has 1 aliphatic carbocycles. The zero-order valence-corrected chi connectivity index (χ0v) is 7.22. The fraction of sp³-hybridized carbons (Fsp3) is 0.273. The summed E-state index contributed by atoms with van der Waals surface area (Å²) >= 11 is 0. The topological polar surface area (TPSA) is 0 Å². The van der Waals surface area contributed by atoms with Gasteiger partial charge in [-0.2, -0.15) is 0 Å². The second-order valence-electron chi connectivity index (χ2n) is 2.16. The summed E-state index contributed by atoms with van der Waals surface area (Å²) in [5.74, 6) is 0. The summed E-state index contributed by atoms with van der Waals surface area (Å²) in [6, 6.07) is 0. The van der Waals surface area contributed by atoms with Gasteiger partial charge in [-0.1, -0.05) is 42.9 Å². The lowest BCUT2D eigenvalue weighted by Gasteiger charge is -1.90. The average Bonchev–Trinajstić information content (AvgIpc) is 2.35. The molecule has 0 heteroatoms. The van der Waals surface area contributed by atoms with Crippen molar-refractivity contribution >= 4 is 0 Å². The summed E-state index contributed by atoms with van der Waals surface area (Å²) in [5.41, 5.74) is 1.44. The minimum absolute atomic E-state index is 1.09. The molecule has 0 aliphatic heterocycles. The molecule has 0 aromatic heterocycles. The molecule has 0 amide bonds. The molecule has 11 heavy (non-hydrogen) atoms. The third-order valence-corrected chi connectivity index (χ3v) is 1.48. The minimum Gasteiger partial charge on any atom is -0.106 e. The van der Waals surface area contributed by atoms with Crippen molar-refractivity contribution in [2.45, 2.75) is 19.8 Å². The van der Waals surface area contributed by atoms with Crippen LogP contribution in [0.25, 0.3) is 0 Å². The van der Waals surface area contributed by atoms with Crippen molar-refractivity contribution in [3.8, 4) is 0 Å². The molecule has 0 aromatic carbocycles. The molecular formula is C11H16. The summed E-state index contributed by atoms with van der Waals surface area (Å²) < 4.78 is 0. The fourth-order valence-electron chi connectivity index (χ4n) is 0.886. The van der Waals surface area contributed by atoms with Gasteiger partial charge < -0.3 is 0 Å². The Morgan fingerprint density at radius 3 is 2.73 bits per heavy atom. The number of rotatable bonds is 1. The van der Waals surface area contributed by atoms with Crippen LogP contribution in [-0.4, -0.2) is 0 Å². The van der Waals surface area contributed by atoms with Crippen molar-refractivity contribution in [3.05, 3.63) is 49.1 Å². The maximum absolute atomic E-state index is 3.00. The van der Waals surface area contributed by atoms with Gasteiger partial charge in [0.25, 0.3) is 0 Å². The van der Waals surface area contributed by atoms with Crippen LogP contribution in [0, 0.1) is 0 Å². The Morgan fingerprint density at radius 2 is 2.09 bits per heavy atom. The van der Waals surface area contributed by atoms with Gasteiger partial charge in [-0.3, -0.25) is 0 Å². The zero-order valence-electron chi connectivity index (χ0n) is 7.22. The van der Waals surface area contributed by atoms with E-state index in [1.165, 1.54) is 5.57 Å². The van der Waals surface area contributed by atoms with Crippen molar-refractivity contribution in [1.29, 1.82) is 0 Å². The second kappa shape index (κ2) is 7.07. The molecule has 0 heterocycles. The van der Waals surface area contributed by atoms with E-state index in [0.29, 0.717) is 0 Å². The van der Waals surface area contributed by atoms with Gasteiger partial charge in [0.1, 0.15) is 0 Å². The van der Waals surface area contributed by atoms with Gasteiger partial charge >= 0.3 is 0 Å². The van der Waals surface area contributed by atoms with Gasteiger partial charge in [0.2, 0.25) is 0 Å². The van der Waals surface area contributed by atoms with E-state index in [4.69, 9.17) is 0 Å². The van der Waals surface area contributed by atoms with E-state index in [0.717, 1.165) is 12.8 Å². The van der Waals surface area contributed by atoms with Crippen LogP contribution >= 0.6 is 0 Å². The smallest absolute Gasteiger partial charge is 0.0160 e. The molecular weight excluding hydrogens is 132 g/mol. The Kier molecular flexibility index (Phi) is 6.40. The SMILES string of the molecule is C=C.CCC1=CCC=CC=C1. The van der Waals surface area contributed by atoms with E-state index >= 15 is 0 Å². The van der Waals surface area contributed by atoms with Crippen molar-refractivity contribution in [2.75, 3.05) is 0 Å². The van der Waals surface area contributed by atoms with Crippen LogP contribution in [0.4, 0.5) is 0 Å². The van der Waals surface area contributed by atoms with E-state index in [-0.39, 0.29) is 0 Å². The minimum atomic E-state index is 1.09. The molecule has 60 valence electrons. The molecule has 0 saturated heterocycles. The zero-order chi connectivity index (χ0) is 8.53. The largest absolute Gasteiger partial charge is 0.106 e. The lowest BCUT2D eigenvalue weighted by molar-refractivity contribution is 1.13. The van der Waals surface area contributed by atoms with Crippen LogP contribution in [0.2, 0.25) is 0 Å². The number of hydrogen-bond acceptors (Lipinski definition) is 0. The maximum atomic E-state index is 3.00. The summed E-state index contributed by atoms with van der Waals surface area (Å²) in [7, 11) is 0. The highest BCUT2D eigenvalue weighted by Crippen LogP contribution is 2.07. The highest BCUT2D eigenvalue weighted by atomic mass is 13.9. The van der Waals surface area contributed by atoms with Gasteiger partial charge in [0.05, 0.1) is 0 Å². The highest BCUT2D eigenvalue weighted by Gasteiger charge is 1.86. The molecule has 0 spiro atoms. The van der Waals surface area contributed by atoms with Crippen molar-refractivity contribution in [1.82, 2.24) is 0 Å². The quantitative estimate of drug-likeness (QED) is 0.498. The molecule has 1 aliphatic rings. The molecule has 0 atom stereocenters. The summed E-state index contributed by atoms with van der Waals surface area (Å²) in [6.45, 7) is 8.18. The first-order chi connectivity index (χ1) is 5.43. The Labute approximate surface area is 69.6 Å². The van der Waals surface area contributed by atoms with Gasteiger partial charge in [-0.25, -0.2) is 0 Å². The Balaban J connectivity index is 0.000000461. The van der Waals surface area contributed by atoms with E-state index in [9.17, 15) is 0 Å². The molecule has 0 nitrogen and oxygen atoms in total. The second-order valence-corrected chi connectivity index (χ2v) is 2.16. The third kappa shape index (κ3) is 4.38. The fourth-order valence-corrected chi connectivity index (χ4v) is 0.886. The average molecular weight is 148 g/mol. The molecule has 0 unspecified atom stereocenters. The van der Waals surface area contributed by atoms with Gasteiger partial charge in [0, 0.05) is 0 Å². The first-order valence-electron chi connectivity index (χ1n) is 3.95.